The van der Waals surface area contributed by atoms with Gasteiger partial charge < -0.3 is 10.4 Å². The molecule has 0 amide bonds. The Balaban J connectivity index is 2.58. The van der Waals surface area contributed by atoms with Gasteiger partial charge in [-0.15, -0.1) is 0 Å². The first-order valence-corrected chi connectivity index (χ1v) is 6.45. The molecule has 92 valence electrons. The van der Waals surface area contributed by atoms with E-state index >= 15 is 0 Å². The Morgan fingerprint density at radius 3 is 2.75 bits per heavy atom. The minimum atomic E-state index is -0.518. The van der Waals surface area contributed by atoms with Crippen LogP contribution in [0.5, 0.6) is 0 Å². The molecular weight excluding hydrogens is 270 g/mol. The third kappa shape index (κ3) is 3.57. The molecule has 0 aliphatic carbocycles. The molecule has 16 heavy (non-hydrogen) atoms. The molecule has 4 nitrogen and oxygen atoms in total. The lowest BCUT2D eigenvalue weighted by molar-refractivity contribution is 0.162. The highest BCUT2D eigenvalue weighted by molar-refractivity contribution is 9.10. The molecule has 1 aromatic heterocycles. The van der Waals surface area contributed by atoms with E-state index in [2.05, 4.69) is 40.2 Å². The van der Waals surface area contributed by atoms with Gasteiger partial charge in [0.2, 0.25) is 0 Å². The van der Waals surface area contributed by atoms with Crippen molar-refractivity contribution in [2.24, 2.45) is 5.92 Å². The van der Waals surface area contributed by atoms with Gasteiger partial charge in [0.05, 0.1) is 16.4 Å². The Bertz CT molecular complexity index is 325. The summed E-state index contributed by atoms with van der Waals surface area (Å²) in [7, 11) is 0. The fourth-order valence-electron chi connectivity index (χ4n) is 1.56. The zero-order chi connectivity index (χ0) is 12.1. The Morgan fingerprint density at radius 2 is 2.19 bits per heavy atom. The number of hydrogen-bond acceptors (Lipinski definition) is 3. The molecule has 1 heterocycles. The second kappa shape index (κ2) is 6.37. The van der Waals surface area contributed by atoms with E-state index in [9.17, 15) is 5.11 Å². The van der Waals surface area contributed by atoms with Crippen molar-refractivity contribution in [1.29, 1.82) is 0 Å². The summed E-state index contributed by atoms with van der Waals surface area (Å²) < 4.78 is 2.68. The number of aliphatic hydroxyl groups excluding tert-OH is 1. The molecule has 0 saturated heterocycles. The number of hydrogen-bond donors (Lipinski definition) is 2. The molecular formula is C11H20BrN3O. The fraction of sp³-hybridized carbons (Fsp3) is 0.727. The molecule has 1 rings (SSSR count). The van der Waals surface area contributed by atoms with E-state index in [0.717, 1.165) is 23.3 Å². The maximum absolute atomic E-state index is 10.1. The second-order valence-corrected chi connectivity index (χ2v) is 5.12. The smallest absolute Gasteiger partial charge is 0.109 e. The van der Waals surface area contributed by atoms with Gasteiger partial charge in [-0.3, -0.25) is 4.68 Å². The third-order valence-corrected chi connectivity index (χ3v) is 2.95. The van der Waals surface area contributed by atoms with Crippen LogP contribution < -0.4 is 5.32 Å². The normalized spacial score (nSPS) is 13.4. The molecule has 1 atom stereocenters. The average molecular weight is 290 g/mol. The summed E-state index contributed by atoms with van der Waals surface area (Å²) in [5.74, 6) is 0.590. The van der Waals surface area contributed by atoms with Crippen molar-refractivity contribution in [3.63, 3.8) is 0 Å². The van der Waals surface area contributed by atoms with Crippen LogP contribution in [0.1, 0.15) is 32.6 Å². The fourth-order valence-corrected chi connectivity index (χ4v) is 2.12. The first-order chi connectivity index (χ1) is 7.56. The van der Waals surface area contributed by atoms with Gasteiger partial charge in [0.15, 0.2) is 0 Å². The minimum absolute atomic E-state index is 0.518. The molecule has 0 bridgehead atoms. The molecule has 0 fully saturated rings. The number of aryl methyl sites for hydroxylation is 1. The zero-order valence-corrected chi connectivity index (χ0v) is 11.7. The number of nitrogens with zero attached hydrogens (tertiary/aromatic N) is 2. The number of aliphatic hydroxyl groups is 1. The molecule has 0 aromatic carbocycles. The van der Waals surface area contributed by atoms with E-state index < -0.39 is 6.10 Å². The standard InChI is InChI=1S/C11H20BrN3O/c1-4-15-11(9(12)6-14-15)10(16)7-13-5-8(2)3/h6,8,10,13,16H,4-5,7H2,1-3H3. The van der Waals surface area contributed by atoms with Crippen molar-refractivity contribution < 1.29 is 5.11 Å². The third-order valence-electron chi connectivity index (χ3n) is 2.34. The molecule has 0 spiro atoms. The molecule has 1 unspecified atom stereocenters. The maximum atomic E-state index is 10.1. The van der Waals surface area contributed by atoms with Gasteiger partial charge in [-0.25, -0.2) is 0 Å². The van der Waals surface area contributed by atoms with Crippen LogP contribution >= 0.6 is 15.9 Å². The van der Waals surface area contributed by atoms with E-state index in [-0.39, 0.29) is 0 Å². The summed E-state index contributed by atoms with van der Waals surface area (Å²) in [4.78, 5) is 0. The predicted molar refractivity (Wildman–Crippen MR) is 68.3 cm³/mol. The number of aromatic nitrogens is 2. The first-order valence-electron chi connectivity index (χ1n) is 5.66. The largest absolute Gasteiger partial charge is 0.385 e. The summed E-state index contributed by atoms with van der Waals surface area (Å²) in [6, 6.07) is 0. The van der Waals surface area contributed by atoms with Gasteiger partial charge >= 0.3 is 0 Å². The van der Waals surface area contributed by atoms with Gasteiger partial charge in [-0.2, -0.15) is 5.10 Å². The lowest BCUT2D eigenvalue weighted by atomic mass is 10.2. The van der Waals surface area contributed by atoms with Crippen LogP contribution in [0.15, 0.2) is 10.7 Å². The van der Waals surface area contributed by atoms with Gasteiger partial charge in [0, 0.05) is 13.1 Å². The number of rotatable bonds is 6. The van der Waals surface area contributed by atoms with E-state index in [1.807, 2.05) is 11.6 Å². The van der Waals surface area contributed by atoms with Crippen LogP contribution in [0, 0.1) is 5.92 Å². The Morgan fingerprint density at radius 1 is 1.50 bits per heavy atom. The molecule has 5 heteroatoms. The van der Waals surface area contributed by atoms with Crippen LogP contribution in [0.3, 0.4) is 0 Å². The Kier molecular flexibility index (Phi) is 5.44. The summed E-state index contributed by atoms with van der Waals surface area (Å²) in [6.45, 7) is 8.54. The topological polar surface area (TPSA) is 50.1 Å². The highest BCUT2D eigenvalue weighted by Crippen LogP contribution is 2.22. The van der Waals surface area contributed by atoms with Crippen molar-refractivity contribution in [2.45, 2.75) is 33.4 Å². The van der Waals surface area contributed by atoms with Crippen LogP contribution in [0.2, 0.25) is 0 Å². The van der Waals surface area contributed by atoms with E-state index in [1.165, 1.54) is 0 Å². The summed E-state index contributed by atoms with van der Waals surface area (Å²) in [5.41, 5.74) is 0.846. The van der Waals surface area contributed by atoms with Crippen molar-refractivity contribution in [3.8, 4) is 0 Å². The van der Waals surface area contributed by atoms with Crippen molar-refractivity contribution in [3.05, 3.63) is 16.4 Å². The average Bonchev–Trinajstić information content (AvgIpc) is 2.58. The van der Waals surface area contributed by atoms with Gasteiger partial charge in [-0.1, -0.05) is 13.8 Å². The molecule has 1 aromatic rings. The number of halogens is 1. The highest BCUT2D eigenvalue weighted by Gasteiger charge is 2.16. The van der Waals surface area contributed by atoms with E-state index in [1.54, 1.807) is 6.20 Å². The summed E-state index contributed by atoms with van der Waals surface area (Å²) >= 11 is 3.41. The lowest BCUT2D eigenvalue weighted by Crippen LogP contribution is -2.26. The van der Waals surface area contributed by atoms with Crippen molar-refractivity contribution >= 4 is 15.9 Å². The quantitative estimate of drug-likeness (QED) is 0.842. The zero-order valence-electron chi connectivity index (χ0n) is 10.1. The first kappa shape index (κ1) is 13.7. The molecule has 2 N–H and O–H groups in total. The van der Waals surface area contributed by atoms with Crippen LogP contribution in [0.4, 0.5) is 0 Å². The van der Waals surface area contributed by atoms with Crippen molar-refractivity contribution in [2.75, 3.05) is 13.1 Å². The van der Waals surface area contributed by atoms with Crippen LogP contribution in [-0.4, -0.2) is 28.0 Å². The van der Waals surface area contributed by atoms with Crippen LogP contribution in [-0.2, 0) is 6.54 Å². The van der Waals surface area contributed by atoms with Crippen LogP contribution in [0.25, 0.3) is 0 Å². The highest BCUT2D eigenvalue weighted by atomic mass is 79.9. The van der Waals surface area contributed by atoms with Crippen molar-refractivity contribution in [1.82, 2.24) is 15.1 Å². The SMILES string of the molecule is CCn1ncc(Br)c1C(O)CNCC(C)C. The van der Waals surface area contributed by atoms with Gasteiger partial charge in [-0.05, 0) is 35.3 Å². The lowest BCUT2D eigenvalue weighted by Gasteiger charge is -2.15. The Labute approximate surface area is 105 Å². The summed E-state index contributed by atoms with van der Waals surface area (Å²) in [6.07, 6.45) is 1.21. The maximum Gasteiger partial charge on any atom is 0.109 e. The molecule has 0 aliphatic rings. The summed E-state index contributed by atoms with van der Waals surface area (Å²) in [5, 5.41) is 17.5. The monoisotopic (exact) mass is 289 g/mol. The Hall–Kier alpha value is -0.390. The van der Waals surface area contributed by atoms with E-state index in [4.69, 9.17) is 0 Å². The molecule has 0 saturated carbocycles. The van der Waals surface area contributed by atoms with E-state index in [0.29, 0.717) is 12.5 Å². The number of nitrogens with one attached hydrogen (secondary N) is 1. The predicted octanol–water partition coefficient (Wildman–Crippen LogP) is 1.94. The molecule has 0 aliphatic heterocycles. The van der Waals surface area contributed by atoms with Gasteiger partial charge in [0.25, 0.3) is 0 Å². The second-order valence-electron chi connectivity index (χ2n) is 4.26. The van der Waals surface area contributed by atoms with Gasteiger partial charge in [0.1, 0.15) is 6.10 Å². The molecule has 0 radical (unpaired) electrons. The minimum Gasteiger partial charge on any atom is -0.385 e.